The van der Waals surface area contributed by atoms with E-state index in [1.807, 2.05) is 49.9 Å². The molecular weight excluding hydrogens is 476 g/mol. The standard InChI is InChI=1S/C31H38N4O3/c1-31(2,3)37-30(36)35-19-17-23(18-20-35)10-16-28-26-15-12-24(27(21-34(5)6)29(26)38-33-28)11-7-22-8-13-25(32-4)14-9-22/h7-9,11-15,23H,10,16-21H2,1-3,5-6H3/b11-7+. The number of hydrogen-bond acceptors (Lipinski definition) is 5. The molecular formula is C31H38N4O3. The molecule has 1 fully saturated rings. The predicted octanol–water partition coefficient (Wildman–Crippen LogP) is 7.19. The first-order valence-corrected chi connectivity index (χ1v) is 13.3. The maximum atomic E-state index is 12.4. The van der Waals surface area contributed by atoms with Crippen molar-refractivity contribution in [1.29, 1.82) is 0 Å². The summed E-state index contributed by atoms with van der Waals surface area (Å²) in [6.45, 7) is 15.1. The molecule has 2 aromatic carbocycles. The van der Waals surface area contributed by atoms with Gasteiger partial charge in [0, 0.05) is 30.6 Å². The van der Waals surface area contributed by atoms with Crippen LogP contribution < -0.4 is 0 Å². The van der Waals surface area contributed by atoms with Gasteiger partial charge in [0.1, 0.15) is 5.60 Å². The highest BCUT2D eigenvalue weighted by Crippen LogP contribution is 2.30. The number of rotatable bonds is 7. The van der Waals surface area contributed by atoms with Crippen LogP contribution >= 0.6 is 0 Å². The summed E-state index contributed by atoms with van der Waals surface area (Å²) in [5.74, 6) is 0.554. The third-order valence-electron chi connectivity index (χ3n) is 6.86. The second-order valence-electron chi connectivity index (χ2n) is 11.4. The van der Waals surface area contributed by atoms with Gasteiger partial charge in [-0.05, 0) is 83.7 Å². The summed E-state index contributed by atoms with van der Waals surface area (Å²) in [5, 5.41) is 5.55. The second kappa shape index (κ2) is 11.8. The van der Waals surface area contributed by atoms with Crippen LogP contribution in [-0.4, -0.2) is 53.8 Å². The van der Waals surface area contributed by atoms with Gasteiger partial charge >= 0.3 is 6.09 Å². The fourth-order valence-electron chi connectivity index (χ4n) is 4.86. The summed E-state index contributed by atoms with van der Waals surface area (Å²) >= 11 is 0. The van der Waals surface area contributed by atoms with E-state index in [0.717, 1.165) is 78.7 Å². The number of likely N-dealkylation sites (tertiary alicyclic amines) is 1. The lowest BCUT2D eigenvalue weighted by atomic mass is 9.91. The van der Waals surface area contributed by atoms with Gasteiger partial charge in [0.15, 0.2) is 11.3 Å². The van der Waals surface area contributed by atoms with Crippen LogP contribution in [-0.2, 0) is 17.7 Å². The molecule has 38 heavy (non-hydrogen) atoms. The van der Waals surface area contributed by atoms with Crippen LogP contribution in [0, 0.1) is 12.5 Å². The molecule has 0 radical (unpaired) electrons. The highest BCUT2D eigenvalue weighted by Gasteiger charge is 2.27. The lowest BCUT2D eigenvalue weighted by molar-refractivity contribution is 0.0181. The molecule has 1 saturated heterocycles. The van der Waals surface area contributed by atoms with Gasteiger partial charge in [0.2, 0.25) is 0 Å². The zero-order valence-corrected chi connectivity index (χ0v) is 23.2. The SMILES string of the molecule is [C-]#[N+]c1ccc(/C=C/c2ccc3c(CCC4CCN(C(=O)OC(C)(C)C)CC4)noc3c2CN(C)C)cc1. The topological polar surface area (TPSA) is 63.2 Å². The number of aromatic nitrogens is 1. The normalized spacial score (nSPS) is 14.9. The Balaban J connectivity index is 1.44. The number of benzene rings is 2. The second-order valence-corrected chi connectivity index (χ2v) is 11.4. The highest BCUT2D eigenvalue weighted by atomic mass is 16.6. The Labute approximate surface area is 225 Å². The van der Waals surface area contributed by atoms with E-state index < -0.39 is 5.60 Å². The van der Waals surface area contributed by atoms with Gasteiger partial charge in [0.25, 0.3) is 0 Å². The predicted molar refractivity (Wildman–Crippen MR) is 152 cm³/mol. The number of piperidine rings is 1. The average Bonchev–Trinajstić information content (AvgIpc) is 3.29. The van der Waals surface area contributed by atoms with Gasteiger partial charge in [-0.2, -0.15) is 0 Å². The summed E-state index contributed by atoms with van der Waals surface area (Å²) in [6, 6.07) is 11.8. The van der Waals surface area contributed by atoms with Crippen molar-refractivity contribution in [2.45, 2.75) is 58.6 Å². The van der Waals surface area contributed by atoms with E-state index in [2.05, 4.69) is 53.3 Å². The highest BCUT2D eigenvalue weighted by molar-refractivity contribution is 5.87. The maximum Gasteiger partial charge on any atom is 0.410 e. The fourth-order valence-corrected chi connectivity index (χ4v) is 4.86. The van der Waals surface area contributed by atoms with Crippen LogP contribution in [0.4, 0.5) is 10.5 Å². The smallest absolute Gasteiger partial charge is 0.410 e. The Morgan fingerprint density at radius 2 is 1.87 bits per heavy atom. The van der Waals surface area contributed by atoms with E-state index >= 15 is 0 Å². The molecule has 0 atom stereocenters. The zero-order valence-electron chi connectivity index (χ0n) is 23.2. The summed E-state index contributed by atoms with van der Waals surface area (Å²) < 4.78 is 11.5. The zero-order chi connectivity index (χ0) is 27.3. The van der Waals surface area contributed by atoms with Crippen LogP contribution in [0.15, 0.2) is 40.9 Å². The first kappa shape index (κ1) is 27.4. The molecule has 0 saturated carbocycles. The van der Waals surface area contributed by atoms with Crippen LogP contribution in [0.5, 0.6) is 0 Å². The Bertz CT molecular complexity index is 1320. The first-order valence-electron chi connectivity index (χ1n) is 13.3. The number of fused-ring (bicyclic) bond motifs is 1. The van der Waals surface area contributed by atoms with Crippen LogP contribution in [0.25, 0.3) is 28.0 Å². The van der Waals surface area contributed by atoms with E-state index in [0.29, 0.717) is 11.6 Å². The van der Waals surface area contributed by atoms with E-state index in [1.165, 1.54) is 0 Å². The van der Waals surface area contributed by atoms with Crippen LogP contribution in [0.2, 0.25) is 0 Å². The minimum absolute atomic E-state index is 0.211. The van der Waals surface area contributed by atoms with Crippen molar-refractivity contribution in [3.05, 3.63) is 70.2 Å². The van der Waals surface area contributed by atoms with E-state index in [-0.39, 0.29) is 6.09 Å². The summed E-state index contributed by atoms with van der Waals surface area (Å²) in [4.78, 5) is 19.8. The van der Waals surface area contributed by atoms with E-state index in [1.54, 1.807) is 0 Å². The Hall–Kier alpha value is -3.63. The van der Waals surface area contributed by atoms with Gasteiger partial charge in [0.05, 0.1) is 12.3 Å². The number of ether oxygens (including phenoxy) is 1. The summed E-state index contributed by atoms with van der Waals surface area (Å²) in [6.07, 6.45) is 7.79. The minimum atomic E-state index is -0.465. The Kier molecular flexibility index (Phi) is 8.53. The van der Waals surface area contributed by atoms with Crippen LogP contribution in [0.1, 0.15) is 62.4 Å². The number of carbonyl (C=O) groups excluding carboxylic acids is 1. The Morgan fingerprint density at radius 1 is 1.16 bits per heavy atom. The lowest BCUT2D eigenvalue weighted by Crippen LogP contribution is -2.41. The number of carbonyl (C=O) groups is 1. The average molecular weight is 515 g/mol. The number of nitrogens with zero attached hydrogens (tertiary/aromatic N) is 4. The molecule has 1 aromatic heterocycles. The Morgan fingerprint density at radius 3 is 2.50 bits per heavy atom. The summed E-state index contributed by atoms with van der Waals surface area (Å²) in [5.41, 5.74) is 5.28. The molecule has 0 bridgehead atoms. The quantitative estimate of drug-likeness (QED) is 0.247. The molecule has 0 aliphatic carbocycles. The third-order valence-corrected chi connectivity index (χ3v) is 6.86. The molecule has 4 rings (SSSR count). The number of amides is 1. The molecule has 3 aromatic rings. The van der Waals surface area contributed by atoms with E-state index in [9.17, 15) is 4.79 Å². The van der Waals surface area contributed by atoms with Gasteiger partial charge in [-0.3, -0.25) is 0 Å². The van der Waals surface area contributed by atoms with Crippen LogP contribution in [0.3, 0.4) is 0 Å². The number of hydrogen-bond donors (Lipinski definition) is 0. The molecule has 7 nitrogen and oxygen atoms in total. The molecule has 0 N–H and O–H groups in total. The van der Waals surface area contributed by atoms with Crippen molar-refractivity contribution in [2.24, 2.45) is 5.92 Å². The van der Waals surface area contributed by atoms with Crippen molar-refractivity contribution >= 4 is 34.9 Å². The first-order chi connectivity index (χ1) is 18.1. The molecule has 1 aliphatic heterocycles. The monoisotopic (exact) mass is 514 g/mol. The van der Waals surface area contributed by atoms with Crippen molar-refractivity contribution in [1.82, 2.24) is 15.0 Å². The molecule has 1 aliphatic rings. The summed E-state index contributed by atoms with van der Waals surface area (Å²) in [7, 11) is 4.10. The molecule has 1 amide bonds. The maximum absolute atomic E-state index is 12.4. The largest absolute Gasteiger partial charge is 0.444 e. The molecule has 7 heteroatoms. The third kappa shape index (κ3) is 7.02. The molecule has 200 valence electrons. The molecule has 2 heterocycles. The van der Waals surface area contributed by atoms with Gasteiger partial charge in [-0.25, -0.2) is 9.64 Å². The molecule has 0 spiro atoms. The van der Waals surface area contributed by atoms with Crippen molar-refractivity contribution < 1.29 is 14.1 Å². The van der Waals surface area contributed by atoms with Crippen molar-refractivity contribution in [2.75, 3.05) is 27.2 Å². The van der Waals surface area contributed by atoms with Crippen molar-refractivity contribution in [3.8, 4) is 0 Å². The fraction of sp³-hybridized carbons (Fsp3) is 0.452. The number of aryl methyl sites for hydroxylation is 1. The molecule has 0 unspecified atom stereocenters. The van der Waals surface area contributed by atoms with Crippen molar-refractivity contribution in [3.63, 3.8) is 0 Å². The van der Waals surface area contributed by atoms with E-state index in [4.69, 9.17) is 15.8 Å². The van der Waals surface area contributed by atoms with Gasteiger partial charge in [-0.1, -0.05) is 47.6 Å². The lowest BCUT2D eigenvalue weighted by Gasteiger charge is -2.33. The minimum Gasteiger partial charge on any atom is -0.444 e. The van der Waals surface area contributed by atoms with Gasteiger partial charge < -0.3 is 19.1 Å². The van der Waals surface area contributed by atoms with Gasteiger partial charge in [-0.15, -0.1) is 0 Å².